The number of hydrogen-bond donors (Lipinski definition) is 1. The van der Waals surface area contributed by atoms with Gasteiger partial charge >= 0.3 is 0 Å². The van der Waals surface area contributed by atoms with Gasteiger partial charge in [-0.25, -0.2) is 4.39 Å². The highest BCUT2D eigenvalue weighted by molar-refractivity contribution is 5.95. The van der Waals surface area contributed by atoms with Crippen LogP contribution in [0.2, 0.25) is 0 Å². The van der Waals surface area contributed by atoms with Gasteiger partial charge in [-0.15, -0.1) is 0 Å². The first-order valence-electron chi connectivity index (χ1n) is 2.88. The van der Waals surface area contributed by atoms with Crippen LogP contribution in [0.1, 0.15) is 6.92 Å². The molecule has 0 amide bonds. The van der Waals surface area contributed by atoms with E-state index in [0.29, 0.717) is 6.54 Å². The van der Waals surface area contributed by atoms with Gasteiger partial charge in [-0.3, -0.25) is 4.99 Å². The molecule has 0 aromatic carbocycles. The van der Waals surface area contributed by atoms with Crippen LogP contribution in [0, 0.1) is 5.92 Å². The summed E-state index contributed by atoms with van der Waals surface area (Å²) < 4.78 is 12.4. The summed E-state index contributed by atoms with van der Waals surface area (Å²) in [4.78, 5) is 3.74. The number of hydrogen-bond acceptors (Lipinski definition) is 2. The van der Waals surface area contributed by atoms with E-state index in [1.165, 1.54) is 6.08 Å². The molecule has 0 spiro atoms. The Morgan fingerprint density at radius 3 is 3.00 bits per heavy atom. The molecule has 0 aromatic rings. The van der Waals surface area contributed by atoms with Crippen LogP contribution in [0.3, 0.4) is 0 Å². The molecule has 1 aliphatic rings. The van der Waals surface area contributed by atoms with Crippen molar-refractivity contribution < 1.29 is 4.39 Å². The van der Waals surface area contributed by atoms with Crippen molar-refractivity contribution in [2.24, 2.45) is 16.6 Å². The van der Waals surface area contributed by atoms with E-state index >= 15 is 0 Å². The molecule has 0 aromatic heterocycles. The van der Waals surface area contributed by atoms with Crippen molar-refractivity contribution >= 4 is 5.84 Å². The molecule has 0 saturated heterocycles. The van der Waals surface area contributed by atoms with E-state index in [2.05, 4.69) is 4.99 Å². The van der Waals surface area contributed by atoms with Gasteiger partial charge in [-0.1, -0.05) is 6.92 Å². The van der Waals surface area contributed by atoms with Crippen LogP contribution in [0.4, 0.5) is 4.39 Å². The number of nitrogens with zero attached hydrogens (tertiary/aromatic N) is 1. The van der Waals surface area contributed by atoms with Gasteiger partial charge in [0.25, 0.3) is 0 Å². The molecular formula is C6H9FN2. The quantitative estimate of drug-likeness (QED) is 0.516. The Kier molecular flexibility index (Phi) is 1.51. The molecule has 0 fully saturated rings. The maximum absolute atomic E-state index is 12.4. The minimum atomic E-state index is -0.381. The third-order valence-corrected chi connectivity index (χ3v) is 1.23. The van der Waals surface area contributed by atoms with E-state index < -0.39 is 0 Å². The van der Waals surface area contributed by atoms with Crippen LogP contribution >= 0.6 is 0 Å². The second-order valence-electron chi connectivity index (χ2n) is 2.22. The van der Waals surface area contributed by atoms with Gasteiger partial charge in [0.05, 0.1) is 0 Å². The summed E-state index contributed by atoms with van der Waals surface area (Å²) in [6.45, 7) is 2.51. The molecular weight excluding hydrogens is 119 g/mol. The Morgan fingerprint density at radius 2 is 2.56 bits per heavy atom. The number of aliphatic imine (C=N–C) groups is 1. The lowest BCUT2D eigenvalue weighted by molar-refractivity contribution is 0.624. The van der Waals surface area contributed by atoms with Crippen LogP contribution in [0.15, 0.2) is 16.9 Å². The average molecular weight is 128 g/mol. The molecule has 1 unspecified atom stereocenters. The lowest BCUT2D eigenvalue weighted by Gasteiger charge is -2.08. The molecule has 1 rings (SSSR count). The van der Waals surface area contributed by atoms with Crippen molar-refractivity contribution in [3.63, 3.8) is 0 Å². The van der Waals surface area contributed by atoms with Gasteiger partial charge in [0.2, 0.25) is 0 Å². The average Bonchev–Trinajstić information content (AvgIpc) is 1.80. The maximum atomic E-state index is 12.4. The molecule has 1 atom stereocenters. The van der Waals surface area contributed by atoms with E-state index in [0.717, 1.165) is 0 Å². The first-order valence-corrected chi connectivity index (χ1v) is 2.88. The van der Waals surface area contributed by atoms with Crippen molar-refractivity contribution in [1.82, 2.24) is 0 Å². The Morgan fingerprint density at radius 1 is 1.89 bits per heavy atom. The number of nitrogens with two attached hydrogens (primary N) is 1. The highest BCUT2D eigenvalue weighted by Gasteiger charge is 2.09. The smallest absolute Gasteiger partial charge is 0.161 e. The summed E-state index contributed by atoms with van der Waals surface area (Å²) >= 11 is 0. The van der Waals surface area contributed by atoms with E-state index in [-0.39, 0.29) is 17.6 Å². The Balaban J connectivity index is 2.75. The third kappa shape index (κ3) is 1.28. The first-order chi connectivity index (χ1) is 4.20. The Bertz CT molecular complexity index is 172. The summed E-state index contributed by atoms with van der Waals surface area (Å²) in [7, 11) is 0. The van der Waals surface area contributed by atoms with E-state index in [1.54, 1.807) is 0 Å². The monoisotopic (exact) mass is 128 g/mol. The van der Waals surface area contributed by atoms with Crippen LogP contribution in [0.5, 0.6) is 0 Å². The molecule has 0 aliphatic carbocycles. The van der Waals surface area contributed by atoms with Gasteiger partial charge < -0.3 is 5.73 Å². The minimum absolute atomic E-state index is 0.0353. The minimum Gasteiger partial charge on any atom is -0.382 e. The van der Waals surface area contributed by atoms with Gasteiger partial charge in [0.15, 0.2) is 11.7 Å². The van der Waals surface area contributed by atoms with Crippen LogP contribution in [-0.4, -0.2) is 12.4 Å². The molecule has 1 heterocycles. The second kappa shape index (κ2) is 2.17. The highest BCUT2D eigenvalue weighted by atomic mass is 19.1. The number of rotatable bonds is 0. The van der Waals surface area contributed by atoms with Crippen molar-refractivity contribution in [1.29, 1.82) is 0 Å². The number of halogens is 1. The fourth-order valence-electron chi connectivity index (χ4n) is 0.706. The third-order valence-electron chi connectivity index (χ3n) is 1.23. The molecule has 0 radical (unpaired) electrons. The predicted molar refractivity (Wildman–Crippen MR) is 34.8 cm³/mol. The summed E-state index contributed by atoms with van der Waals surface area (Å²) in [5.74, 6) is -0.154. The van der Waals surface area contributed by atoms with Crippen molar-refractivity contribution in [2.45, 2.75) is 6.92 Å². The standard InChI is InChI=1S/C6H9FN2/c1-4-2-5(7)6(8)9-3-4/h2,4H,3H2,1H3,(H2,8,9). The molecule has 9 heavy (non-hydrogen) atoms. The maximum Gasteiger partial charge on any atom is 0.161 e. The molecule has 0 saturated carbocycles. The van der Waals surface area contributed by atoms with E-state index in [9.17, 15) is 4.39 Å². The number of dihydropyridines is 1. The zero-order chi connectivity index (χ0) is 6.85. The van der Waals surface area contributed by atoms with Crippen molar-refractivity contribution in [3.8, 4) is 0 Å². The van der Waals surface area contributed by atoms with Crippen LogP contribution in [-0.2, 0) is 0 Å². The summed E-state index contributed by atoms with van der Waals surface area (Å²) in [5, 5.41) is 0. The fraction of sp³-hybridized carbons (Fsp3) is 0.500. The molecule has 50 valence electrons. The molecule has 3 heteroatoms. The fourth-order valence-corrected chi connectivity index (χ4v) is 0.706. The molecule has 1 aliphatic heterocycles. The van der Waals surface area contributed by atoms with Gasteiger partial charge in [-0.2, -0.15) is 0 Å². The van der Waals surface area contributed by atoms with Gasteiger partial charge in [-0.05, 0) is 12.0 Å². The number of amidine groups is 1. The van der Waals surface area contributed by atoms with Crippen molar-refractivity contribution in [3.05, 3.63) is 11.9 Å². The zero-order valence-electron chi connectivity index (χ0n) is 5.26. The SMILES string of the molecule is CC1C=C(F)C(N)=NC1. The Hall–Kier alpha value is -0.860. The van der Waals surface area contributed by atoms with E-state index in [1.807, 2.05) is 6.92 Å². The largest absolute Gasteiger partial charge is 0.382 e. The summed E-state index contributed by atoms with van der Waals surface area (Å²) in [5.41, 5.74) is 5.15. The van der Waals surface area contributed by atoms with Gasteiger partial charge in [0, 0.05) is 6.54 Å². The lowest BCUT2D eigenvalue weighted by atomic mass is 10.1. The van der Waals surface area contributed by atoms with Gasteiger partial charge in [0.1, 0.15) is 0 Å². The zero-order valence-corrected chi connectivity index (χ0v) is 5.26. The molecule has 0 bridgehead atoms. The van der Waals surface area contributed by atoms with E-state index in [4.69, 9.17) is 5.73 Å². The normalized spacial score (nSPS) is 27.1. The second-order valence-corrected chi connectivity index (χ2v) is 2.22. The lowest BCUT2D eigenvalue weighted by Crippen LogP contribution is -2.18. The summed E-state index contributed by atoms with van der Waals surface area (Å²) in [6.07, 6.45) is 1.49. The van der Waals surface area contributed by atoms with Crippen molar-refractivity contribution in [2.75, 3.05) is 6.54 Å². The first kappa shape index (κ1) is 6.26. The summed E-state index contributed by atoms with van der Waals surface area (Å²) in [6, 6.07) is 0. The molecule has 2 N–H and O–H groups in total. The Labute approximate surface area is 53.3 Å². The van der Waals surface area contributed by atoms with Crippen LogP contribution in [0.25, 0.3) is 0 Å². The van der Waals surface area contributed by atoms with Crippen LogP contribution < -0.4 is 5.73 Å². The highest BCUT2D eigenvalue weighted by Crippen LogP contribution is 2.10. The topological polar surface area (TPSA) is 38.4 Å². The predicted octanol–water partition coefficient (Wildman–Crippen LogP) is 0.847. The molecule has 2 nitrogen and oxygen atoms in total.